The number of carbonyl (C=O) groups is 2. The fourth-order valence-electron chi connectivity index (χ4n) is 3.83. The van der Waals surface area contributed by atoms with Crippen LogP contribution in [-0.2, 0) is 4.79 Å². The van der Waals surface area contributed by atoms with Gasteiger partial charge >= 0.3 is 5.97 Å². The molecule has 6 heteroatoms. The van der Waals surface area contributed by atoms with E-state index in [0.717, 1.165) is 31.5 Å². The molecule has 136 valence electrons. The van der Waals surface area contributed by atoms with Gasteiger partial charge in [0, 0.05) is 32.1 Å². The normalized spacial score (nSPS) is 24.1. The van der Waals surface area contributed by atoms with Crippen molar-refractivity contribution in [2.24, 2.45) is 0 Å². The highest BCUT2D eigenvalue weighted by atomic mass is 16.4. The molecule has 1 amide bonds. The van der Waals surface area contributed by atoms with Gasteiger partial charge < -0.3 is 20.0 Å². The van der Waals surface area contributed by atoms with Crippen molar-refractivity contribution in [3.8, 4) is 0 Å². The molecule has 0 radical (unpaired) electrons. The lowest BCUT2D eigenvalue weighted by molar-refractivity contribution is -0.157. The van der Waals surface area contributed by atoms with Crippen LogP contribution in [-0.4, -0.2) is 70.7 Å². The number of aliphatic hydroxyl groups is 1. The Bertz CT molecular complexity index is 635. The highest BCUT2D eigenvalue weighted by molar-refractivity contribution is 5.87. The molecule has 2 fully saturated rings. The molecule has 1 atom stereocenters. The zero-order valence-electron chi connectivity index (χ0n) is 14.6. The number of likely N-dealkylation sites (tertiary alicyclic amines) is 2. The molecule has 2 saturated heterocycles. The fourth-order valence-corrected chi connectivity index (χ4v) is 3.83. The molecule has 0 aromatic heterocycles. The molecule has 3 rings (SSSR count). The Kier molecular flexibility index (Phi) is 5.11. The maximum Gasteiger partial charge on any atom is 0.335 e. The number of benzene rings is 1. The van der Waals surface area contributed by atoms with Gasteiger partial charge in [-0.3, -0.25) is 4.79 Å². The van der Waals surface area contributed by atoms with Crippen molar-refractivity contribution in [3.05, 3.63) is 35.4 Å². The summed E-state index contributed by atoms with van der Waals surface area (Å²) >= 11 is 0. The summed E-state index contributed by atoms with van der Waals surface area (Å²) in [6, 6.07) is 6.91. The van der Waals surface area contributed by atoms with Crippen LogP contribution in [0.1, 0.15) is 47.5 Å². The van der Waals surface area contributed by atoms with Crippen LogP contribution in [0, 0.1) is 0 Å². The van der Waals surface area contributed by atoms with Crippen LogP contribution >= 0.6 is 0 Å². The minimum absolute atomic E-state index is 0.146. The van der Waals surface area contributed by atoms with Gasteiger partial charge in [-0.1, -0.05) is 12.1 Å². The van der Waals surface area contributed by atoms with E-state index in [-0.39, 0.29) is 17.4 Å². The number of hydrogen-bond acceptors (Lipinski definition) is 4. The van der Waals surface area contributed by atoms with Crippen LogP contribution < -0.4 is 0 Å². The average Bonchev–Trinajstić information content (AvgIpc) is 2.64. The Morgan fingerprint density at radius 3 is 2.36 bits per heavy atom. The van der Waals surface area contributed by atoms with Crippen LogP contribution in [0.3, 0.4) is 0 Å². The van der Waals surface area contributed by atoms with Crippen molar-refractivity contribution in [1.29, 1.82) is 0 Å². The van der Waals surface area contributed by atoms with Gasteiger partial charge in [-0.05, 0) is 50.4 Å². The van der Waals surface area contributed by atoms with Crippen LogP contribution in [0.25, 0.3) is 0 Å². The second-order valence-electron chi connectivity index (χ2n) is 7.35. The van der Waals surface area contributed by atoms with Crippen molar-refractivity contribution in [2.45, 2.75) is 37.2 Å². The number of amides is 1. The molecule has 25 heavy (non-hydrogen) atoms. The summed E-state index contributed by atoms with van der Waals surface area (Å²) in [5, 5.41) is 19.8. The van der Waals surface area contributed by atoms with Crippen LogP contribution in [0.4, 0.5) is 0 Å². The quantitative estimate of drug-likeness (QED) is 0.868. The van der Waals surface area contributed by atoms with Crippen molar-refractivity contribution in [1.82, 2.24) is 9.80 Å². The Hall–Kier alpha value is -1.92. The number of aromatic carboxylic acids is 1. The Balaban J connectivity index is 1.68. The van der Waals surface area contributed by atoms with Crippen molar-refractivity contribution < 1.29 is 19.8 Å². The molecular formula is C19H26N2O4. The lowest BCUT2D eigenvalue weighted by atomic mass is 9.86. The van der Waals surface area contributed by atoms with Gasteiger partial charge in [0.25, 0.3) is 5.91 Å². The molecule has 1 unspecified atom stereocenters. The monoisotopic (exact) mass is 346 g/mol. The van der Waals surface area contributed by atoms with Gasteiger partial charge in [0.15, 0.2) is 0 Å². The molecule has 1 aromatic rings. The third kappa shape index (κ3) is 3.85. The summed E-state index contributed by atoms with van der Waals surface area (Å²) < 4.78 is 0. The second kappa shape index (κ2) is 7.14. The minimum atomic E-state index is -1.23. The molecule has 6 nitrogen and oxygen atoms in total. The van der Waals surface area contributed by atoms with Gasteiger partial charge in [-0.25, -0.2) is 4.79 Å². The first-order valence-electron chi connectivity index (χ1n) is 8.92. The SMILES string of the molecule is CN1CCC(O)(C(=O)N2CCCC(c3ccc(C(=O)O)cc3)C2)CC1. The molecule has 0 aliphatic carbocycles. The van der Waals surface area contributed by atoms with E-state index in [4.69, 9.17) is 5.11 Å². The second-order valence-corrected chi connectivity index (χ2v) is 7.35. The van der Waals surface area contributed by atoms with Crippen molar-refractivity contribution >= 4 is 11.9 Å². The van der Waals surface area contributed by atoms with Gasteiger partial charge in [0.2, 0.25) is 0 Å². The van der Waals surface area contributed by atoms with Gasteiger partial charge in [-0.2, -0.15) is 0 Å². The van der Waals surface area contributed by atoms with E-state index < -0.39 is 11.6 Å². The van der Waals surface area contributed by atoms with E-state index in [9.17, 15) is 14.7 Å². The first-order valence-corrected chi connectivity index (χ1v) is 8.92. The molecule has 2 heterocycles. The summed E-state index contributed by atoms with van der Waals surface area (Å²) in [4.78, 5) is 27.8. The lowest BCUT2D eigenvalue weighted by Crippen LogP contribution is -2.56. The maximum absolute atomic E-state index is 12.9. The zero-order valence-corrected chi connectivity index (χ0v) is 14.6. The van der Waals surface area contributed by atoms with Crippen molar-refractivity contribution in [3.63, 3.8) is 0 Å². The molecule has 0 saturated carbocycles. The van der Waals surface area contributed by atoms with E-state index in [2.05, 4.69) is 4.90 Å². The smallest absolute Gasteiger partial charge is 0.335 e. The number of piperidine rings is 2. The number of hydrogen-bond donors (Lipinski definition) is 2. The summed E-state index contributed by atoms with van der Waals surface area (Å²) in [5.74, 6) is -0.889. The van der Waals surface area contributed by atoms with E-state index in [1.54, 1.807) is 17.0 Å². The van der Waals surface area contributed by atoms with Crippen LogP contribution in [0.5, 0.6) is 0 Å². The largest absolute Gasteiger partial charge is 0.478 e. The number of carboxylic acids is 1. The van der Waals surface area contributed by atoms with E-state index in [1.165, 1.54) is 0 Å². The number of rotatable bonds is 3. The zero-order chi connectivity index (χ0) is 18.0. The Labute approximate surface area is 148 Å². The third-order valence-corrected chi connectivity index (χ3v) is 5.55. The lowest BCUT2D eigenvalue weighted by Gasteiger charge is -2.41. The predicted octanol–water partition coefficient (Wildman–Crippen LogP) is 1.55. The number of carbonyl (C=O) groups excluding carboxylic acids is 1. The highest BCUT2D eigenvalue weighted by Crippen LogP contribution is 2.31. The number of carboxylic acid groups (broad SMARTS) is 1. The van der Waals surface area contributed by atoms with Gasteiger partial charge in [0.1, 0.15) is 5.60 Å². The predicted molar refractivity (Wildman–Crippen MR) is 93.6 cm³/mol. The van der Waals surface area contributed by atoms with E-state index in [0.29, 0.717) is 25.9 Å². The minimum Gasteiger partial charge on any atom is -0.478 e. The molecule has 0 spiro atoms. The summed E-state index contributed by atoms with van der Waals surface area (Å²) in [6.07, 6.45) is 2.83. The maximum atomic E-state index is 12.9. The highest BCUT2D eigenvalue weighted by Gasteiger charge is 2.42. The first-order chi connectivity index (χ1) is 11.9. The van der Waals surface area contributed by atoms with Crippen molar-refractivity contribution in [2.75, 3.05) is 33.2 Å². The third-order valence-electron chi connectivity index (χ3n) is 5.55. The number of nitrogens with zero attached hydrogens (tertiary/aromatic N) is 2. The molecule has 0 bridgehead atoms. The summed E-state index contributed by atoms with van der Waals surface area (Å²) in [5.41, 5.74) is 0.0904. The molecular weight excluding hydrogens is 320 g/mol. The molecule has 2 N–H and O–H groups in total. The van der Waals surface area contributed by atoms with Gasteiger partial charge in [0.05, 0.1) is 5.56 Å². The molecule has 2 aliphatic heterocycles. The van der Waals surface area contributed by atoms with Crippen LogP contribution in [0.2, 0.25) is 0 Å². The summed E-state index contributed by atoms with van der Waals surface area (Å²) in [7, 11) is 2.00. The Morgan fingerprint density at radius 2 is 1.76 bits per heavy atom. The summed E-state index contributed by atoms with van der Waals surface area (Å²) in [6.45, 7) is 2.73. The Morgan fingerprint density at radius 1 is 1.12 bits per heavy atom. The van der Waals surface area contributed by atoms with E-state index in [1.807, 2.05) is 19.2 Å². The molecule has 2 aliphatic rings. The fraction of sp³-hybridized carbons (Fsp3) is 0.579. The van der Waals surface area contributed by atoms with Crippen LogP contribution in [0.15, 0.2) is 24.3 Å². The topological polar surface area (TPSA) is 81.1 Å². The van der Waals surface area contributed by atoms with E-state index >= 15 is 0 Å². The molecule has 1 aromatic carbocycles. The standard InChI is InChI=1S/C19H26N2O4/c1-20-11-8-19(25,9-12-20)18(24)21-10-2-3-16(13-21)14-4-6-15(7-5-14)17(22)23/h4-7,16,25H,2-3,8-13H2,1H3,(H,22,23). The average molecular weight is 346 g/mol. The first kappa shape index (κ1) is 17.9. The van der Waals surface area contributed by atoms with Gasteiger partial charge in [-0.15, -0.1) is 0 Å².